The maximum atomic E-state index is 10.1. The van der Waals surface area contributed by atoms with E-state index in [9.17, 15) is 5.11 Å². The molecule has 1 atom stereocenters. The number of hydrogen-bond acceptors (Lipinski definition) is 2. The van der Waals surface area contributed by atoms with Gasteiger partial charge in [-0.3, -0.25) is 4.99 Å². The minimum Gasteiger partial charge on any atom is -0.505 e. The summed E-state index contributed by atoms with van der Waals surface area (Å²) < 4.78 is 0. The third-order valence-corrected chi connectivity index (χ3v) is 3.13. The van der Waals surface area contributed by atoms with Crippen LogP contribution in [-0.4, -0.2) is 11.3 Å². The molecule has 0 saturated heterocycles. The lowest BCUT2D eigenvalue weighted by Gasteiger charge is -2.26. The number of allylic oxidation sites excluding steroid dienone is 2. The molecule has 2 heteroatoms. The number of aliphatic hydroxyl groups excluding tert-OH is 1. The molecule has 1 aromatic carbocycles. The zero-order valence-electron chi connectivity index (χ0n) is 11.1. The van der Waals surface area contributed by atoms with Crippen LogP contribution in [0.3, 0.4) is 0 Å². The monoisotopic (exact) mass is 241 g/mol. The number of benzene rings is 1. The minimum atomic E-state index is 0.161. The molecule has 1 heterocycles. The Hall–Kier alpha value is -1.83. The summed E-state index contributed by atoms with van der Waals surface area (Å²) in [6.45, 7) is 6.54. The summed E-state index contributed by atoms with van der Waals surface area (Å²) >= 11 is 0. The smallest absolute Gasteiger partial charge is 0.148 e. The Balaban J connectivity index is 2.26. The van der Waals surface area contributed by atoms with E-state index in [4.69, 9.17) is 0 Å². The Morgan fingerprint density at radius 2 is 1.83 bits per heavy atom. The number of aliphatic hydroxyl groups is 1. The van der Waals surface area contributed by atoms with E-state index in [1.165, 1.54) is 0 Å². The van der Waals surface area contributed by atoms with Gasteiger partial charge >= 0.3 is 0 Å². The second-order valence-corrected chi connectivity index (χ2v) is 5.63. The molecular formula is C16H19NO. The summed E-state index contributed by atoms with van der Waals surface area (Å²) in [7, 11) is 0. The van der Waals surface area contributed by atoms with Crippen molar-refractivity contribution < 1.29 is 5.11 Å². The summed E-state index contributed by atoms with van der Waals surface area (Å²) in [5.41, 5.74) is 1.58. The molecule has 0 spiro atoms. The zero-order valence-corrected chi connectivity index (χ0v) is 11.1. The summed E-state index contributed by atoms with van der Waals surface area (Å²) in [6.07, 6.45) is 5.91. The van der Waals surface area contributed by atoms with Crippen molar-refractivity contribution in [3.05, 3.63) is 53.7 Å². The fourth-order valence-electron chi connectivity index (χ4n) is 1.84. The summed E-state index contributed by atoms with van der Waals surface area (Å²) in [6, 6.07) is 9.49. The van der Waals surface area contributed by atoms with Gasteiger partial charge in [0.2, 0.25) is 0 Å². The summed E-state index contributed by atoms with van der Waals surface area (Å²) in [4.78, 5) is 4.37. The van der Waals surface area contributed by atoms with Gasteiger partial charge in [-0.25, -0.2) is 0 Å². The Labute approximate surface area is 108 Å². The average molecular weight is 241 g/mol. The highest BCUT2D eigenvalue weighted by Gasteiger charge is 2.22. The van der Waals surface area contributed by atoms with Crippen LogP contribution in [0.5, 0.6) is 0 Å². The molecule has 1 N–H and O–H groups in total. The van der Waals surface area contributed by atoms with E-state index in [1.54, 1.807) is 0 Å². The van der Waals surface area contributed by atoms with Crippen LogP contribution < -0.4 is 0 Å². The molecule has 1 aliphatic heterocycles. The van der Waals surface area contributed by atoms with E-state index in [0.717, 1.165) is 5.56 Å². The molecule has 0 aromatic heterocycles. The number of rotatable bonds is 1. The normalized spacial score (nSPS) is 22.1. The van der Waals surface area contributed by atoms with E-state index in [-0.39, 0.29) is 11.2 Å². The van der Waals surface area contributed by atoms with Gasteiger partial charge in [0.15, 0.2) is 0 Å². The molecular weight excluding hydrogens is 222 g/mol. The van der Waals surface area contributed by atoms with E-state index in [1.807, 2.05) is 42.6 Å². The number of nitrogens with zero attached hydrogens (tertiary/aromatic N) is 1. The van der Waals surface area contributed by atoms with Crippen LogP contribution in [-0.2, 0) is 0 Å². The molecule has 0 bridgehead atoms. The number of aliphatic imine (C=N–C) groups is 1. The lowest BCUT2D eigenvalue weighted by Crippen LogP contribution is -2.21. The first kappa shape index (κ1) is 12.6. The second-order valence-electron chi connectivity index (χ2n) is 5.63. The molecule has 1 aromatic rings. The molecule has 0 fully saturated rings. The molecule has 18 heavy (non-hydrogen) atoms. The van der Waals surface area contributed by atoms with Gasteiger partial charge in [-0.2, -0.15) is 0 Å². The highest BCUT2D eigenvalue weighted by atomic mass is 16.3. The van der Waals surface area contributed by atoms with Crippen molar-refractivity contribution in [3.63, 3.8) is 0 Å². The fourth-order valence-corrected chi connectivity index (χ4v) is 1.84. The van der Waals surface area contributed by atoms with Crippen LogP contribution in [0.2, 0.25) is 0 Å². The first-order valence-corrected chi connectivity index (χ1v) is 6.19. The maximum absolute atomic E-state index is 10.1. The average Bonchev–Trinajstić information content (AvgIpc) is 2.38. The second kappa shape index (κ2) is 4.81. The highest BCUT2D eigenvalue weighted by molar-refractivity contribution is 5.74. The maximum Gasteiger partial charge on any atom is 0.148 e. The zero-order chi connectivity index (χ0) is 13.2. The van der Waals surface area contributed by atoms with Gasteiger partial charge in [-0.05, 0) is 11.5 Å². The highest BCUT2D eigenvalue weighted by Crippen LogP contribution is 2.29. The van der Waals surface area contributed by atoms with Crippen LogP contribution in [0.25, 0.3) is 5.76 Å². The quantitative estimate of drug-likeness (QED) is 0.734. The summed E-state index contributed by atoms with van der Waals surface area (Å²) in [5.74, 6) is 0.542. The molecule has 0 aliphatic carbocycles. The van der Waals surface area contributed by atoms with Gasteiger partial charge in [-0.1, -0.05) is 57.2 Å². The van der Waals surface area contributed by atoms with Gasteiger partial charge in [0.05, 0.1) is 0 Å². The van der Waals surface area contributed by atoms with Crippen molar-refractivity contribution in [2.45, 2.75) is 20.8 Å². The van der Waals surface area contributed by atoms with Crippen molar-refractivity contribution >= 4 is 12.0 Å². The number of dihydropyridines is 1. The van der Waals surface area contributed by atoms with E-state index >= 15 is 0 Å². The van der Waals surface area contributed by atoms with Crippen LogP contribution >= 0.6 is 0 Å². The van der Waals surface area contributed by atoms with Gasteiger partial charge in [0.1, 0.15) is 11.5 Å². The third kappa shape index (κ3) is 2.70. The molecule has 2 rings (SSSR count). The summed E-state index contributed by atoms with van der Waals surface area (Å²) in [5, 5.41) is 10.1. The Morgan fingerprint density at radius 3 is 2.33 bits per heavy atom. The lowest BCUT2D eigenvalue weighted by molar-refractivity contribution is 0.364. The molecule has 0 saturated carbocycles. The first-order valence-electron chi connectivity index (χ1n) is 6.19. The van der Waals surface area contributed by atoms with E-state index < -0.39 is 0 Å². The molecule has 0 amide bonds. The van der Waals surface area contributed by atoms with E-state index in [0.29, 0.717) is 11.6 Å². The molecule has 2 nitrogen and oxygen atoms in total. The van der Waals surface area contributed by atoms with Crippen LogP contribution in [0.15, 0.2) is 53.2 Å². The van der Waals surface area contributed by atoms with Crippen LogP contribution in [0, 0.1) is 11.3 Å². The van der Waals surface area contributed by atoms with Crippen molar-refractivity contribution in [2.75, 3.05) is 0 Å². The standard InChI is InChI=1S/C16H19NO/c1-16(2,3)13-9-10-14(17-11-13)15(18)12-7-5-4-6-8-12/h4-11,13,18H,1-3H3/b15-14-. The molecule has 0 radical (unpaired) electrons. The third-order valence-electron chi connectivity index (χ3n) is 3.13. The van der Waals surface area contributed by atoms with Crippen molar-refractivity contribution in [1.82, 2.24) is 0 Å². The fraction of sp³-hybridized carbons (Fsp3) is 0.312. The Morgan fingerprint density at radius 1 is 1.17 bits per heavy atom. The van der Waals surface area contributed by atoms with Crippen molar-refractivity contribution in [2.24, 2.45) is 16.3 Å². The number of hydrogen-bond donors (Lipinski definition) is 1. The SMILES string of the molecule is CC(C)(C)C1C=C/C(=C(/O)c2ccccc2)N=C1. The predicted molar refractivity (Wildman–Crippen MR) is 76.6 cm³/mol. The first-order chi connectivity index (χ1) is 8.48. The largest absolute Gasteiger partial charge is 0.505 e. The van der Waals surface area contributed by atoms with Gasteiger partial charge in [0.25, 0.3) is 0 Å². The van der Waals surface area contributed by atoms with Crippen molar-refractivity contribution in [3.8, 4) is 0 Å². The molecule has 94 valence electrons. The molecule has 1 unspecified atom stereocenters. The Kier molecular flexibility index (Phi) is 3.37. The topological polar surface area (TPSA) is 32.6 Å². The predicted octanol–water partition coefficient (Wildman–Crippen LogP) is 4.22. The lowest BCUT2D eigenvalue weighted by atomic mass is 9.80. The van der Waals surface area contributed by atoms with Crippen LogP contribution in [0.1, 0.15) is 26.3 Å². The van der Waals surface area contributed by atoms with Gasteiger partial charge in [0, 0.05) is 17.7 Å². The van der Waals surface area contributed by atoms with Gasteiger partial charge in [-0.15, -0.1) is 0 Å². The van der Waals surface area contributed by atoms with E-state index in [2.05, 4.69) is 31.8 Å². The molecule has 1 aliphatic rings. The van der Waals surface area contributed by atoms with Gasteiger partial charge < -0.3 is 5.11 Å². The minimum absolute atomic E-state index is 0.161. The Bertz CT molecular complexity index is 488. The van der Waals surface area contributed by atoms with Crippen LogP contribution in [0.4, 0.5) is 0 Å². The van der Waals surface area contributed by atoms with Crippen molar-refractivity contribution in [1.29, 1.82) is 0 Å².